The van der Waals surface area contributed by atoms with Crippen LogP contribution in [0.1, 0.15) is 29.8 Å². The Balaban J connectivity index is 1.83. The van der Waals surface area contributed by atoms with E-state index in [0.29, 0.717) is 28.5 Å². The first kappa shape index (κ1) is 19.7. The molecule has 0 aliphatic carbocycles. The molecule has 0 saturated carbocycles. The van der Waals surface area contributed by atoms with Crippen molar-refractivity contribution in [3.05, 3.63) is 83.4 Å². The van der Waals surface area contributed by atoms with Crippen LogP contribution in [0.4, 0.5) is 14.6 Å². The smallest absolute Gasteiger partial charge is 0.159 e. The summed E-state index contributed by atoms with van der Waals surface area (Å²) >= 11 is 0. The highest BCUT2D eigenvalue weighted by Gasteiger charge is 2.21. The fourth-order valence-electron chi connectivity index (χ4n) is 3.62. The van der Waals surface area contributed by atoms with Gasteiger partial charge in [0.25, 0.3) is 0 Å². The molecule has 0 amide bonds. The highest BCUT2D eigenvalue weighted by atomic mass is 19.2. The van der Waals surface area contributed by atoms with Gasteiger partial charge in [-0.3, -0.25) is 4.68 Å². The maximum Gasteiger partial charge on any atom is 0.159 e. The van der Waals surface area contributed by atoms with E-state index in [1.165, 1.54) is 6.07 Å². The number of aryl methyl sites for hydroxylation is 2. The van der Waals surface area contributed by atoms with Crippen LogP contribution in [0, 0.1) is 18.6 Å². The molecule has 4 rings (SSSR count). The van der Waals surface area contributed by atoms with Gasteiger partial charge in [0.15, 0.2) is 11.6 Å². The van der Waals surface area contributed by atoms with Crippen LogP contribution in [-0.2, 0) is 7.05 Å². The van der Waals surface area contributed by atoms with E-state index in [4.69, 9.17) is 5.73 Å². The second-order valence-corrected chi connectivity index (χ2v) is 7.30. The minimum Gasteiger partial charge on any atom is -0.383 e. The molecule has 4 aromatic rings. The van der Waals surface area contributed by atoms with E-state index in [-0.39, 0.29) is 5.92 Å². The van der Waals surface area contributed by atoms with E-state index in [0.717, 1.165) is 28.8 Å². The van der Waals surface area contributed by atoms with Crippen molar-refractivity contribution >= 4 is 5.82 Å². The summed E-state index contributed by atoms with van der Waals surface area (Å²) in [6.45, 7) is 3.72. The van der Waals surface area contributed by atoms with Gasteiger partial charge in [-0.15, -0.1) is 0 Å². The molecule has 2 N–H and O–H groups in total. The number of nitrogen functional groups attached to an aromatic ring is 1. The molecule has 0 radical (unpaired) electrons. The Morgan fingerprint density at radius 2 is 1.77 bits per heavy atom. The van der Waals surface area contributed by atoms with Crippen LogP contribution >= 0.6 is 0 Å². The van der Waals surface area contributed by atoms with Crippen molar-refractivity contribution in [1.29, 1.82) is 0 Å². The van der Waals surface area contributed by atoms with Crippen molar-refractivity contribution in [2.75, 3.05) is 5.73 Å². The standard InChI is InChI=1S/C23H21F2N5/c1-13(15-5-4-6-16(9-15)18-11-27-30(3)12-18)21-22(28-14(2)29-23(21)26)17-7-8-19(24)20(25)10-17/h4-13H,1-3H3,(H2,26,28,29). The summed E-state index contributed by atoms with van der Waals surface area (Å²) in [7, 11) is 1.87. The van der Waals surface area contributed by atoms with Gasteiger partial charge in [-0.2, -0.15) is 5.10 Å². The van der Waals surface area contributed by atoms with Crippen molar-refractivity contribution in [3.63, 3.8) is 0 Å². The van der Waals surface area contributed by atoms with E-state index in [9.17, 15) is 8.78 Å². The first-order valence-electron chi connectivity index (χ1n) is 9.52. The lowest BCUT2D eigenvalue weighted by Crippen LogP contribution is -2.09. The highest BCUT2D eigenvalue weighted by molar-refractivity contribution is 5.71. The van der Waals surface area contributed by atoms with Gasteiger partial charge in [0.1, 0.15) is 11.6 Å². The number of halogens is 2. The number of rotatable bonds is 4. The van der Waals surface area contributed by atoms with Gasteiger partial charge >= 0.3 is 0 Å². The lowest BCUT2D eigenvalue weighted by molar-refractivity contribution is 0.509. The van der Waals surface area contributed by atoms with Crippen LogP contribution in [0.2, 0.25) is 0 Å². The Morgan fingerprint density at radius 1 is 0.967 bits per heavy atom. The molecule has 0 spiro atoms. The van der Waals surface area contributed by atoms with Gasteiger partial charge < -0.3 is 5.73 Å². The average molecular weight is 405 g/mol. The van der Waals surface area contributed by atoms with Crippen LogP contribution < -0.4 is 5.73 Å². The molecule has 0 bridgehead atoms. The minimum atomic E-state index is -0.931. The van der Waals surface area contributed by atoms with Crippen molar-refractivity contribution in [1.82, 2.24) is 19.7 Å². The van der Waals surface area contributed by atoms with Gasteiger partial charge in [0.2, 0.25) is 0 Å². The van der Waals surface area contributed by atoms with Crippen LogP contribution in [0.15, 0.2) is 54.9 Å². The number of benzene rings is 2. The number of hydrogen-bond acceptors (Lipinski definition) is 4. The fraction of sp³-hybridized carbons (Fsp3) is 0.174. The SMILES string of the molecule is Cc1nc(N)c(C(C)c2cccc(-c3cnn(C)c3)c2)c(-c2ccc(F)c(F)c2)n1. The molecule has 152 valence electrons. The summed E-state index contributed by atoms with van der Waals surface area (Å²) < 4.78 is 29.1. The second kappa shape index (κ2) is 7.67. The lowest BCUT2D eigenvalue weighted by atomic mass is 9.88. The quantitative estimate of drug-likeness (QED) is 0.526. The topological polar surface area (TPSA) is 69.6 Å². The third-order valence-corrected chi connectivity index (χ3v) is 5.14. The van der Waals surface area contributed by atoms with Crippen LogP contribution in [0.25, 0.3) is 22.4 Å². The van der Waals surface area contributed by atoms with Gasteiger partial charge in [-0.25, -0.2) is 18.7 Å². The predicted octanol–water partition coefficient (Wildman–Crippen LogP) is 4.86. The van der Waals surface area contributed by atoms with Crippen molar-refractivity contribution in [2.24, 2.45) is 7.05 Å². The third-order valence-electron chi connectivity index (χ3n) is 5.14. The lowest BCUT2D eigenvalue weighted by Gasteiger charge is -2.19. The van der Waals surface area contributed by atoms with E-state index in [1.54, 1.807) is 17.8 Å². The Morgan fingerprint density at radius 3 is 2.47 bits per heavy atom. The summed E-state index contributed by atoms with van der Waals surface area (Å²) in [5.41, 5.74) is 10.9. The summed E-state index contributed by atoms with van der Waals surface area (Å²) in [6.07, 6.45) is 3.75. The number of nitrogens with two attached hydrogens (primary N) is 1. The van der Waals surface area contributed by atoms with Crippen molar-refractivity contribution in [2.45, 2.75) is 19.8 Å². The van der Waals surface area contributed by atoms with Crippen LogP contribution in [0.3, 0.4) is 0 Å². The molecule has 1 atom stereocenters. The normalized spacial score (nSPS) is 12.2. The summed E-state index contributed by atoms with van der Waals surface area (Å²) in [5, 5.41) is 4.23. The second-order valence-electron chi connectivity index (χ2n) is 7.30. The largest absolute Gasteiger partial charge is 0.383 e. The minimum absolute atomic E-state index is 0.176. The number of anilines is 1. The van der Waals surface area contributed by atoms with E-state index < -0.39 is 11.6 Å². The molecule has 0 aliphatic rings. The predicted molar refractivity (Wildman–Crippen MR) is 113 cm³/mol. The summed E-state index contributed by atoms with van der Waals surface area (Å²) in [4.78, 5) is 8.83. The maximum absolute atomic E-state index is 13.9. The summed E-state index contributed by atoms with van der Waals surface area (Å²) in [6, 6.07) is 11.8. The van der Waals surface area contributed by atoms with E-state index in [2.05, 4.69) is 21.1 Å². The molecule has 1 unspecified atom stereocenters. The Labute approximate surface area is 173 Å². The van der Waals surface area contributed by atoms with Gasteiger partial charge in [0, 0.05) is 35.9 Å². The molecular weight excluding hydrogens is 384 g/mol. The summed E-state index contributed by atoms with van der Waals surface area (Å²) in [5.74, 6) is -1.23. The molecule has 2 heterocycles. The Hall–Kier alpha value is -3.61. The van der Waals surface area contributed by atoms with E-state index >= 15 is 0 Å². The van der Waals surface area contributed by atoms with Gasteiger partial charge in [-0.05, 0) is 36.2 Å². The van der Waals surface area contributed by atoms with Crippen LogP contribution in [0.5, 0.6) is 0 Å². The molecule has 7 heteroatoms. The number of hydrogen-bond donors (Lipinski definition) is 1. The molecular formula is C23H21F2N5. The zero-order valence-corrected chi connectivity index (χ0v) is 16.9. The molecule has 0 aliphatic heterocycles. The molecule has 0 fully saturated rings. The zero-order chi connectivity index (χ0) is 21.4. The molecule has 0 saturated heterocycles. The fourth-order valence-corrected chi connectivity index (χ4v) is 3.62. The Kier molecular flexibility index (Phi) is 5.03. The number of aromatic nitrogens is 4. The maximum atomic E-state index is 13.9. The monoisotopic (exact) mass is 405 g/mol. The average Bonchev–Trinajstić information content (AvgIpc) is 3.15. The van der Waals surface area contributed by atoms with E-state index in [1.807, 2.05) is 38.4 Å². The molecule has 2 aromatic carbocycles. The van der Waals surface area contributed by atoms with Crippen molar-refractivity contribution < 1.29 is 8.78 Å². The highest BCUT2D eigenvalue weighted by Crippen LogP contribution is 2.36. The van der Waals surface area contributed by atoms with Gasteiger partial charge in [-0.1, -0.05) is 31.2 Å². The Bertz CT molecular complexity index is 1230. The zero-order valence-electron chi connectivity index (χ0n) is 16.9. The first-order chi connectivity index (χ1) is 14.3. The molecule has 2 aromatic heterocycles. The third kappa shape index (κ3) is 3.66. The van der Waals surface area contributed by atoms with Gasteiger partial charge in [0.05, 0.1) is 11.9 Å². The van der Waals surface area contributed by atoms with Crippen molar-refractivity contribution in [3.8, 4) is 22.4 Å². The van der Waals surface area contributed by atoms with Crippen LogP contribution in [-0.4, -0.2) is 19.7 Å². The molecule has 5 nitrogen and oxygen atoms in total. The number of nitrogens with zero attached hydrogens (tertiary/aromatic N) is 4. The molecule has 30 heavy (non-hydrogen) atoms. The first-order valence-corrected chi connectivity index (χ1v) is 9.52.